The summed E-state index contributed by atoms with van der Waals surface area (Å²) in [6, 6.07) is 3.35. The predicted octanol–water partition coefficient (Wildman–Crippen LogP) is -1.25. The molecule has 0 aliphatic carbocycles. The fraction of sp³-hybridized carbons (Fsp3) is 0.364. The Hall–Kier alpha value is -4.12. The van der Waals surface area contributed by atoms with Gasteiger partial charge in [-0.25, -0.2) is 15.0 Å². The van der Waals surface area contributed by atoms with Crippen LogP contribution in [-0.2, 0) is 9.53 Å². The minimum atomic E-state index is -1.44. The largest absolute Gasteiger partial charge is 0.387 e. The van der Waals surface area contributed by atoms with Crippen molar-refractivity contribution in [1.82, 2.24) is 34.7 Å². The SMILES string of the molecule is CNC(=O)[C@H]1O[C@@H](n2cnc3c(NC)nc(C#CCN(C)C(=O)c4cccnc4)nc32)[C@H](O)[C@@H]1O. The summed E-state index contributed by atoms with van der Waals surface area (Å²) in [5, 5.41) is 26.1. The summed E-state index contributed by atoms with van der Waals surface area (Å²) in [6.07, 6.45) is -0.751. The van der Waals surface area contributed by atoms with Crippen LogP contribution in [0.3, 0.4) is 0 Å². The highest BCUT2D eigenvalue weighted by Crippen LogP contribution is 2.32. The molecule has 2 amide bonds. The Balaban J connectivity index is 1.60. The van der Waals surface area contributed by atoms with Gasteiger partial charge in [-0.2, -0.15) is 0 Å². The van der Waals surface area contributed by atoms with Crippen molar-refractivity contribution >= 4 is 28.8 Å². The van der Waals surface area contributed by atoms with E-state index in [1.807, 2.05) is 0 Å². The van der Waals surface area contributed by atoms with Gasteiger partial charge in [-0.1, -0.05) is 5.92 Å². The first-order valence-electron chi connectivity index (χ1n) is 10.7. The van der Waals surface area contributed by atoms with Crippen LogP contribution in [0, 0.1) is 11.8 Å². The van der Waals surface area contributed by atoms with Crippen LogP contribution in [0.2, 0.25) is 0 Å². The number of hydrogen-bond donors (Lipinski definition) is 4. The van der Waals surface area contributed by atoms with Gasteiger partial charge in [-0.3, -0.25) is 19.1 Å². The summed E-state index contributed by atoms with van der Waals surface area (Å²) >= 11 is 0. The van der Waals surface area contributed by atoms with E-state index in [2.05, 4.69) is 42.4 Å². The number of carbonyl (C=O) groups is 2. The molecule has 13 heteroatoms. The number of amides is 2. The highest BCUT2D eigenvalue weighted by atomic mass is 16.6. The molecule has 1 fully saturated rings. The van der Waals surface area contributed by atoms with Crippen LogP contribution in [0.5, 0.6) is 0 Å². The lowest BCUT2D eigenvalue weighted by Gasteiger charge is -2.16. The van der Waals surface area contributed by atoms with E-state index in [-0.39, 0.29) is 23.9 Å². The molecule has 4 atom stereocenters. The summed E-state index contributed by atoms with van der Waals surface area (Å²) in [5.41, 5.74) is 1.11. The first-order valence-corrected chi connectivity index (χ1v) is 10.7. The number of anilines is 1. The monoisotopic (exact) mass is 480 g/mol. The molecule has 0 radical (unpaired) electrons. The molecule has 0 unspecified atom stereocenters. The number of pyridine rings is 1. The third kappa shape index (κ3) is 4.62. The van der Waals surface area contributed by atoms with Crippen LogP contribution in [0.1, 0.15) is 22.4 Å². The molecule has 4 N–H and O–H groups in total. The molecule has 4 heterocycles. The Labute approximate surface area is 200 Å². The number of ether oxygens (including phenoxy) is 1. The quantitative estimate of drug-likeness (QED) is 0.324. The third-order valence-corrected chi connectivity index (χ3v) is 5.45. The average Bonchev–Trinajstić information content (AvgIpc) is 3.43. The Kier molecular flexibility index (Phi) is 6.87. The smallest absolute Gasteiger partial charge is 0.255 e. The van der Waals surface area contributed by atoms with E-state index in [0.29, 0.717) is 16.9 Å². The molecule has 3 aromatic rings. The second-order valence-electron chi connectivity index (χ2n) is 7.72. The van der Waals surface area contributed by atoms with Crippen LogP contribution in [-0.4, -0.2) is 97.4 Å². The lowest BCUT2D eigenvalue weighted by Crippen LogP contribution is -2.41. The number of aromatic nitrogens is 5. The number of nitrogens with zero attached hydrogens (tertiary/aromatic N) is 6. The first-order chi connectivity index (χ1) is 16.8. The Morgan fingerprint density at radius 2 is 2.06 bits per heavy atom. The molecule has 1 aliphatic heterocycles. The fourth-order valence-electron chi connectivity index (χ4n) is 3.60. The van der Waals surface area contributed by atoms with E-state index in [1.165, 1.54) is 29.0 Å². The number of fused-ring (bicyclic) bond motifs is 1. The van der Waals surface area contributed by atoms with Gasteiger partial charge in [0, 0.05) is 33.5 Å². The van der Waals surface area contributed by atoms with Gasteiger partial charge in [0.25, 0.3) is 11.8 Å². The van der Waals surface area contributed by atoms with E-state index >= 15 is 0 Å². The number of imidazole rings is 1. The van der Waals surface area contributed by atoms with Gasteiger partial charge >= 0.3 is 0 Å². The maximum Gasteiger partial charge on any atom is 0.255 e. The molecule has 182 valence electrons. The lowest BCUT2D eigenvalue weighted by atomic mass is 10.1. The zero-order valence-electron chi connectivity index (χ0n) is 19.2. The molecule has 0 bridgehead atoms. The number of likely N-dealkylation sites (N-methyl/N-ethyl adjacent to an activating group) is 1. The number of nitrogens with one attached hydrogen (secondary N) is 2. The Bertz CT molecular complexity index is 1300. The summed E-state index contributed by atoms with van der Waals surface area (Å²) in [6.45, 7) is 0.119. The normalized spacial score (nSPS) is 21.3. The fourth-order valence-corrected chi connectivity index (χ4v) is 3.60. The summed E-state index contributed by atoms with van der Waals surface area (Å²) in [7, 11) is 4.68. The number of aliphatic hydroxyl groups is 2. The molecule has 3 aromatic heterocycles. The van der Waals surface area contributed by atoms with Crippen molar-refractivity contribution in [2.24, 2.45) is 0 Å². The van der Waals surface area contributed by atoms with E-state index in [9.17, 15) is 19.8 Å². The van der Waals surface area contributed by atoms with Crippen LogP contribution < -0.4 is 10.6 Å². The second kappa shape index (κ2) is 10.0. The maximum absolute atomic E-state index is 12.5. The van der Waals surface area contributed by atoms with Crippen molar-refractivity contribution in [2.45, 2.75) is 24.5 Å². The van der Waals surface area contributed by atoms with E-state index in [4.69, 9.17) is 4.74 Å². The zero-order valence-corrected chi connectivity index (χ0v) is 19.2. The molecule has 1 aliphatic rings. The van der Waals surface area contributed by atoms with Crippen molar-refractivity contribution in [2.75, 3.05) is 33.0 Å². The average molecular weight is 480 g/mol. The van der Waals surface area contributed by atoms with Crippen LogP contribution in [0.15, 0.2) is 30.9 Å². The second-order valence-corrected chi connectivity index (χ2v) is 7.72. The van der Waals surface area contributed by atoms with Crippen molar-refractivity contribution < 1.29 is 24.5 Å². The van der Waals surface area contributed by atoms with Gasteiger partial charge in [0.05, 0.1) is 18.4 Å². The molecule has 0 spiro atoms. The third-order valence-electron chi connectivity index (χ3n) is 5.45. The molecule has 13 nitrogen and oxygen atoms in total. The number of rotatable bonds is 5. The molecule has 4 rings (SSSR count). The van der Waals surface area contributed by atoms with Crippen molar-refractivity contribution in [1.29, 1.82) is 0 Å². The molecule has 35 heavy (non-hydrogen) atoms. The van der Waals surface area contributed by atoms with Gasteiger partial charge in [-0.05, 0) is 18.1 Å². The lowest BCUT2D eigenvalue weighted by molar-refractivity contribution is -0.137. The van der Waals surface area contributed by atoms with Gasteiger partial charge in [-0.15, -0.1) is 0 Å². The minimum absolute atomic E-state index is 0.119. The van der Waals surface area contributed by atoms with Crippen molar-refractivity contribution in [3.63, 3.8) is 0 Å². The number of hydrogen-bond acceptors (Lipinski definition) is 10. The molecule has 0 aromatic carbocycles. The van der Waals surface area contributed by atoms with Crippen LogP contribution in [0.25, 0.3) is 11.2 Å². The van der Waals surface area contributed by atoms with E-state index in [1.54, 1.807) is 32.4 Å². The number of aliphatic hydroxyl groups excluding tert-OH is 2. The first kappa shape index (κ1) is 24.0. The standard InChI is InChI=1S/C22H24N8O5/c1-23-18-14-19(30(11-26-14)22-16(32)15(31)17(35-22)20(33)24-2)28-13(27-18)7-5-9-29(3)21(34)12-6-4-8-25-10-12/h4,6,8,10-11,15-17,22,31-32H,9H2,1-3H3,(H,24,33)(H,23,27,28)/t15-,16+,17-,22+/m0/s1. The predicted molar refractivity (Wildman–Crippen MR) is 123 cm³/mol. The molecule has 1 saturated heterocycles. The maximum atomic E-state index is 12.5. The summed E-state index contributed by atoms with van der Waals surface area (Å²) in [5.74, 6) is 5.44. The van der Waals surface area contributed by atoms with Crippen molar-refractivity contribution in [3.8, 4) is 11.8 Å². The van der Waals surface area contributed by atoms with Gasteiger partial charge < -0.3 is 30.5 Å². The highest BCUT2D eigenvalue weighted by Gasteiger charge is 2.47. The molecular weight excluding hydrogens is 456 g/mol. The summed E-state index contributed by atoms with van der Waals surface area (Å²) in [4.78, 5) is 42.9. The van der Waals surface area contributed by atoms with Crippen LogP contribution >= 0.6 is 0 Å². The summed E-state index contributed by atoms with van der Waals surface area (Å²) < 4.78 is 7.04. The number of carbonyl (C=O) groups excluding carboxylic acids is 2. The Morgan fingerprint density at radius 1 is 1.26 bits per heavy atom. The van der Waals surface area contributed by atoms with Gasteiger partial charge in [0.1, 0.15) is 12.2 Å². The Morgan fingerprint density at radius 3 is 2.74 bits per heavy atom. The van der Waals surface area contributed by atoms with Crippen molar-refractivity contribution in [3.05, 3.63) is 42.2 Å². The van der Waals surface area contributed by atoms with Gasteiger partial charge in [0.2, 0.25) is 5.82 Å². The molecule has 0 saturated carbocycles. The van der Waals surface area contributed by atoms with Gasteiger partial charge in [0.15, 0.2) is 29.3 Å². The highest BCUT2D eigenvalue weighted by molar-refractivity contribution is 5.93. The van der Waals surface area contributed by atoms with Crippen LogP contribution in [0.4, 0.5) is 5.82 Å². The van der Waals surface area contributed by atoms with E-state index in [0.717, 1.165) is 0 Å². The van der Waals surface area contributed by atoms with E-state index < -0.39 is 30.4 Å². The topological polar surface area (TPSA) is 168 Å². The zero-order chi connectivity index (χ0) is 25.1. The molecular formula is C22H24N8O5. The minimum Gasteiger partial charge on any atom is -0.387 e.